The SMILES string of the molecule is CC.CCOC(=O)c1cn[nH]c1C(=O)O. The van der Waals surface area contributed by atoms with Gasteiger partial charge in [0.05, 0.1) is 12.8 Å². The molecular weight excluding hydrogens is 200 g/mol. The number of aromatic nitrogens is 2. The van der Waals surface area contributed by atoms with Crippen LogP contribution in [0, 0.1) is 0 Å². The van der Waals surface area contributed by atoms with Crippen molar-refractivity contribution >= 4 is 11.9 Å². The number of nitrogens with one attached hydrogen (secondary N) is 1. The predicted molar refractivity (Wildman–Crippen MR) is 52.9 cm³/mol. The second kappa shape index (κ2) is 6.58. The number of esters is 1. The number of carbonyl (C=O) groups excluding carboxylic acids is 1. The van der Waals surface area contributed by atoms with E-state index in [1.165, 1.54) is 0 Å². The summed E-state index contributed by atoms with van der Waals surface area (Å²) in [6, 6.07) is 0. The summed E-state index contributed by atoms with van der Waals surface area (Å²) in [7, 11) is 0. The summed E-state index contributed by atoms with van der Waals surface area (Å²) >= 11 is 0. The molecule has 1 aromatic heterocycles. The third-order valence-electron chi connectivity index (χ3n) is 1.35. The van der Waals surface area contributed by atoms with E-state index >= 15 is 0 Å². The lowest BCUT2D eigenvalue weighted by Gasteiger charge is -1.98. The maximum atomic E-state index is 11.1. The van der Waals surface area contributed by atoms with Gasteiger partial charge in [0.15, 0.2) is 5.69 Å². The van der Waals surface area contributed by atoms with Crippen molar-refractivity contribution in [2.45, 2.75) is 20.8 Å². The fraction of sp³-hybridized carbons (Fsp3) is 0.444. The Hall–Kier alpha value is -1.85. The molecule has 1 rings (SSSR count). The number of carboxylic acid groups (broad SMARTS) is 1. The fourth-order valence-corrected chi connectivity index (χ4v) is 0.813. The van der Waals surface area contributed by atoms with Gasteiger partial charge in [0.25, 0.3) is 0 Å². The topological polar surface area (TPSA) is 92.3 Å². The van der Waals surface area contributed by atoms with E-state index in [4.69, 9.17) is 5.11 Å². The summed E-state index contributed by atoms with van der Waals surface area (Å²) < 4.78 is 4.61. The van der Waals surface area contributed by atoms with Crippen LogP contribution in [0.1, 0.15) is 41.6 Å². The Morgan fingerprint density at radius 3 is 2.60 bits per heavy atom. The Balaban J connectivity index is 0.000000921. The highest BCUT2D eigenvalue weighted by molar-refractivity contribution is 6.00. The lowest BCUT2D eigenvalue weighted by atomic mass is 10.2. The predicted octanol–water partition coefficient (Wildman–Crippen LogP) is 1.31. The third kappa shape index (κ3) is 3.41. The quantitative estimate of drug-likeness (QED) is 0.740. The molecule has 0 fully saturated rings. The van der Waals surface area contributed by atoms with Crippen LogP contribution < -0.4 is 0 Å². The van der Waals surface area contributed by atoms with Crippen LogP contribution in [0.3, 0.4) is 0 Å². The summed E-state index contributed by atoms with van der Waals surface area (Å²) in [5, 5.41) is 14.2. The molecule has 0 radical (unpaired) electrons. The summed E-state index contributed by atoms with van der Waals surface area (Å²) in [5.74, 6) is -1.92. The van der Waals surface area contributed by atoms with E-state index in [-0.39, 0.29) is 17.9 Å². The van der Waals surface area contributed by atoms with Gasteiger partial charge in [-0.05, 0) is 6.92 Å². The number of aromatic amines is 1. The molecule has 0 unspecified atom stereocenters. The number of H-pyrrole nitrogens is 1. The molecule has 0 saturated carbocycles. The van der Waals surface area contributed by atoms with E-state index in [0.717, 1.165) is 6.20 Å². The van der Waals surface area contributed by atoms with Gasteiger partial charge < -0.3 is 9.84 Å². The lowest BCUT2D eigenvalue weighted by molar-refractivity contribution is 0.0514. The maximum absolute atomic E-state index is 11.1. The largest absolute Gasteiger partial charge is 0.477 e. The van der Waals surface area contributed by atoms with Gasteiger partial charge in [-0.3, -0.25) is 5.10 Å². The van der Waals surface area contributed by atoms with E-state index in [9.17, 15) is 9.59 Å². The molecule has 6 heteroatoms. The minimum Gasteiger partial charge on any atom is -0.477 e. The van der Waals surface area contributed by atoms with Crippen LogP contribution in [0.5, 0.6) is 0 Å². The number of aromatic carboxylic acids is 1. The lowest BCUT2D eigenvalue weighted by Crippen LogP contribution is -2.09. The molecule has 0 aromatic carbocycles. The average Bonchev–Trinajstić information content (AvgIpc) is 2.69. The number of nitrogens with zero attached hydrogens (tertiary/aromatic N) is 1. The van der Waals surface area contributed by atoms with Crippen molar-refractivity contribution in [3.05, 3.63) is 17.5 Å². The summed E-state index contributed by atoms with van der Waals surface area (Å²) in [6.45, 7) is 5.83. The van der Waals surface area contributed by atoms with E-state index in [1.54, 1.807) is 6.92 Å². The minimum absolute atomic E-state index is 0.0608. The minimum atomic E-state index is -1.24. The maximum Gasteiger partial charge on any atom is 0.354 e. The number of hydrogen-bond acceptors (Lipinski definition) is 4. The first-order valence-electron chi connectivity index (χ1n) is 4.60. The van der Waals surface area contributed by atoms with Crippen molar-refractivity contribution in [3.63, 3.8) is 0 Å². The normalized spacial score (nSPS) is 8.73. The van der Waals surface area contributed by atoms with Gasteiger partial charge in [-0.1, -0.05) is 13.8 Å². The smallest absolute Gasteiger partial charge is 0.354 e. The Labute approximate surface area is 87.3 Å². The standard InChI is InChI=1S/C7H8N2O4.C2H6/c1-2-13-7(12)4-3-8-9-5(4)6(10)11;1-2/h3H,2H2,1H3,(H,8,9)(H,10,11);1-2H3. The zero-order chi connectivity index (χ0) is 11.8. The summed E-state index contributed by atoms with van der Waals surface area (Å²) in [6.07, 6.45) is 1.13. The number of hydrogen-bond donors (Lipinski definition) is 2. The van der Waals surface area contributed by atoms with Crippen molar-refractivity contribution in [1.29, 1.82) is 0 Å². The molecule has 0 bridgehead atoms. The van der Waals surface area contributed by atoms with Crippen molar-refractivity contribution in [3.8, 4) is 0 Å². The van der Waals surface area contributed by atoms with Crippen molar-refractivity contribution in [1.82, 2.24) is 10.2 Å². The molecule has 0 atom stereocenters. The van der Waals surface area contributed by atoms with Crippen molar-refractivity contribution in [2.24, 2.45) is 0 Å². The average molecular weight is 214 g/mol. The molecule has 1 aromatic rings. The molecular formula is C9H14N2O4. The van der Waals surface area contributed by atoms with Gasteiger partial charge in [0, 0.05) is 0 Å². The highest BCUT2D eigenvalue weighted by atomic mass is 16.5. The van der Waals surface area contributed by atoms with Gasteiger partial charge >= 0.3 is 11.9 Å². The van der Waals surface area contributed by atoms with E-state index in [1.807, 2.05) is 13.8 Å². The van der Waals surface area contributed by atoms with Crippen LogP contribution >= 0.6 is 0 Å². The second-order valence-electron chi connectivity index (χ2n) is 2.18. The van der Waals surface area contributed by atoms with Gasteiger partial charge in [-0.2, -0.15) is 5.10 Å². The molecule has 15 heavy (non-hydrogen) atoms. The first kappa shape index (κ1) is 13.2. The molecule has 0 aliphatic rings. The number of carboxylic acids is 1. The Kier molecular flexibility index (Phi) is 5.77. The van der Waals surface area contributed by atoms with Crippen LogP contribution in [-0.2, 0) is 4.74 Å². The highest BCUT2D eigenvalue weighted by Gasteiger charge is 2.19. The van der Waals surface area contributed by atoms with E-state index in [2.05, 4.69) is 14.9 Å². The summed E-state index contributed by atoms with van der Waals surface area (Å²) in [4.78, 5) is 21.6. The first-order chi connectivity index (χ1) is 7.16. The Morgan fingerprint density at radius 2 is 2.13 bits per heavy atom. The Bertz CT molecular complexity index is 333. The molecule has 84 valence electrons. The van der Waals surface area contributed by atoms with Crippen molar-refractivity contribution < 1.29 is 19.4 Å². The van der Waals surface area contributed by atoms with Crippen LogP contribution in [-0.4, -0.2) is 33.8 Å². The van der Waals surface area contributed by atoms with Crippen LogP contribution in [0.15, 0.2) is 6.20 Å². The second-order valence-corrected chi connectivity index (χ2v) is 2.18. The first-order valence-corrected chi connectivity index (χ1v) is 4.60. The molecule has 1 heterocycles. The molecule has 0 saturated heterocycles. The molecule has 0 amide bonds. The molecule has 0 aliphatic heterocycles. The molecule has 0 spiro atoms. The third-order valence-corrected chi connectivity index (χ3v) is 1.35. The zero-order valence-electron chi connectivity index (χ0n) is 8.90. The molecule has 6 nitrogen and oxygen atoms in total. The fourth-order valence-electron chi connectivity index (χ4n) is 0.813. The van der Waals surface area contributed by atoms with Gasteiger partial charge in [0.1, 0.15) is 5.56 Å². The zero-order valence-corrected chi connectivity index (χ0v) is 8.90. The summed E-state index contributed by atoms with van der Waals surface area (Å²) in [5.41, 5.74) is -0.312. The van der Waals surface area contributed by atoms with Crippen LogP contribution in [0.4, 0.5) is 0 Å². The number of ether oxygens (including phenoxy) is 1. The van der Waals surface area contributed by atoms with Crippen LogP contribution in [0.2, 0.25) is 0 Å². The van der Waals surface area contributed by atoms with E-state index in [0.29, 0.717) is 0 Å². The van der Waals surface area contributed by atoms with Crippen molar-refractivity contribution in [2.75, 3.05) is 6.61 Å². The van der Waals surface area contributed by atoms with Crippen LogP contribution in [0.25, 0.3) is 0 Å². The van der Waals surface area contributed by atoms with Gasteiger partial charge in [0.2, 0.25) is 0 Å². The number of carbonyl (C=O) groups is 2. The number of rotatable bonds is 3. The molecule has 2 N–H and O–H groups in total. The Morgan fingerprint density at radius 1 is 1.53 bits per heavy atom. The highest BCUT2D eigenvalue weighted by Crippen LogP contribution is 2.05. The molecule has 0 aliphatic carbocycles. The monoisotopic (exact) mass is 214 g/mol. The van der Waals surface area contributed by atoms with Gasteiger partial charge in [-0.25, -0.2) is 9.59 Å². The van der Waals surface area contributed by atoms with E-state index < -0.39 is 11.9 Å². The van der Waals surface area contributed by atoms with Gasteiger partial charge in [-0.15, -0.1) is 0 Å².